The lowest BCUT2D eigenvalue weighted by Crippen LogP contribution is -2.48. The molecule has 8 heteroatoms. The summed E-state index contributed by atoms with van der Waals surface area (Å²) >= 11 is 0. The molecule has 8 nitrogen and oxygen atoms in total. The van der Waals surface area contributed by atoms with Gasteiger partial charge in [-0.2, -0.15) is 0 Å². The minimum Gasteiger partial charge on any atom is -0.444 e. The van der Waals surface area contributed by atoms with Crippen molar-refractivity contribution in [3.63, 3.8) is 0 Å². The standard InChI is InChI=1S/C20H37N5O3/c1-20(2,3)28-19(27)25(16-6-7-16)13-10-23-18(22-5)24-11-8-15(9-12-24)14-17(26)21-4/h15-16H,6-14H2,1-5H3,(H,21,26)(H,22,23). The second-order valence-electron chi connectivity index (χ2n) is 8.69. The van der Waals surface area contributed by atoms with E-state index in [-0.39, 0.29) is 12.0 Å². The molecule has 0 radical (unpaired) electrons. The van der Waals surface area contributed by atoms with E-state index in [0.29, 0.717) is 31.5 Å². The molecule has 2 amide bonds. The molecular weight excluding hydrogens is 358 g/mol. The van der Waals surface area contributed by atoms with Crippen LogP contribution in [0.25, 0.3) is 0 Å². The molecule has 1 heterocycles. The Labute approximate surface area is 169 Å². The van der Waals surface area contributed by atoms with E-state index >= 15 is 0 Å². The highest BCUT2D eigenvalue weighted by atomic mass is 16.6. The van der Waals surface area contributed by atoms with Crippen LogP contribution in [0.15, 0.2) is 4.99 Å². The van der Waals surface area contributed by atoms with Crippen LogP contribution >= 0.6 is 0 Å². The van der Waals surface area contributed by atoms with Crippen molar-refractivity contribution in [1.29, 1.82) is 0 Å². The molecule has 0 aromatic rings. The summed E-state index contributed by atoms with van der Waals surface area (Å²) in [5.41, 5.74) is -0.479. The Morgan fingerprint density at radius 2 is 1.82 bits per heavy atom. The number of ether oxygens (including phenoxy) is 1. The lowest BCUT2D eigenvalue weighted by Gasteiger charge is -2.34. The molecule has 0 atom stereocenters. The summed E-state index contributed by atoms with van der Waals surface area (Å²) in [5.74, 6) is 1.41. The maximum absolute atomic E-state index is 12.4. The molecule has 2 rings (SSSR count). The summed E-state index contributed by atoms with van der Waals surface area (Å²) in [6.07, 6.45) is 4.43. The molecule has 2 fully saturated rings. The fourth-order valence-electron chi connectivity index (χ4n) is 3.46. The zero-order valence-electron chi connectivity index (χ0n) is 18.1. The maximum atomic E-state index is 12.4. The Morgan fingerprint density at radius 3 is 2.32 bits per heavy atom. The number of hydrogen-bond acceptors (Lipinski definition) is 4. The number of carbonyl (C=O) groups excluding carboxylic acids is 2. The van der Waals surface area contributed by atoms with Gasteiger partial charge in [-0.25, -0.2) is 4.79 Å². The second kappa shape index (κ2) is 9.98. The number of carbonyl (C=O) groups is 2. The first-order chi connectivity index (χ1) is 13.2. The van der Waals surface area contributed by atoms with Gasteiger partial charge in [-0.05, 0) is 52.4 Å². The Kier molecular flexibility index (Phi) is 7.95. The molecule has 28 heavy (non-hydrogen) atoms. The number of nitrogens with zero attached hydrogens (tertiary/aromatic N) is 3. The number of amides is 2. The molecule has 0 unspecified atom stereocenters. The minimum atomic E-state index is -0.479. The SMILES string of the molecule is CN=C(NCCN(C(=O)OC(C)(C)C)C1CC1)N1CCC(CC(=O)NC)CC1. The number of piperidine rings is 1. The van der Waals surface area contributed by atoms with Crippen LogP contribution in [0.3, 0.4) is 0 Å². The fraction of sp³-hybridized carbons (Fsp3) is 0.850. The number of aliphatic imine (C=N–C) groups is 1. The fourth-order valence-corrected chi connectivity index (χ4v) is 3.46. The number of guanidine groups is 1. The smallest absolute Gasteiger partial charge is 0.410 e. The minimum absolute atomic E-state index is 0.114. The highest BCUT2D eigenvalue weighted by Crippen LogP contribution is 2.28. The zero-order chi connectivity index (χ0) is 20.7. The van der Waals surface area contributed by atoms with Gasteiger partial charge in [0.15, 0.2) is 5.96 Å². The van der Waals surface area contributed by atoms with Crippen molar-refractivity contribution in [2.24, 2.45) is 10.9 Å². The maximum Gasteiger partial charge on any atom is 0.410 e. The predicted molar refractivity (Wildman–Crippen MR) is 110 cm³/mol. The zero-order valence-corrected chi connectivity index (χ0v) is 18.1. The number of likely N-dealkylation sites (tertiary alicyclic amines) is 1. The van der Waals surface area contributed by atoms with Crippen LogP contribution in [0.2, 0.25) is 0 Å². The van der Waals surface area contributed by atoms with E-state index in [1.807, 2.05) is 25.7 Å². The van der Waals surface area contributed by atoms with Gasteiger partial charge in [0.2, 0.25) is 5.91 Å². The molecule has 160 valence electrons. The van der Waals surface area contributed by atoms with Gasteiger partial charge in [0.05, 0.1) is 0 Å². The Bertz CT molecular complexity index is 561. The molecule has 0 bridgehead atoms. The molecule has 1 aliphatic heterocycles. The van der Waals surface area contributed by atoms with E-state index in [4.69, 9.17) is 4.74 Å². The summed E-state index contributed by atoms with van der Waals surface area (Å²) in [5, 5.41) is 6.09. The summed E-state index contributed by atoms with van der Waals surface area (Å²) in [6.45, 7) is 8.70. The molecule has 2 N–H and O–H groups in total. The van der Waals surface area contributed by atoms with Gasteiger partial charge >= 0.3 is 6.09 Å². The highest BCUT2D eigenvalue weighted by molar-refractivity contribution is 5.80. The van der Waals surface area contributed by atoms with Gasteiger partial charge in [0.1, 0.15) is 5.60 Å². The summed E-state index contributed by atoms with van der Waals surface area (Å²) in [4.78, 5) is 32.5. The van der Waals surface area contributed by atoms with Gasteiger partial charge in [-0.15, -0.1) is 0 Å². The average molecular weight is 396 g/mol. The third-order valence-corrected chi connectivity index (χ3v) is 5.13. The normalized spacial score (nSPS) is 18.6. The van der Waals surface area contributed by atoms with E-state index in [1.165, 1.54) is 0 Å². The van der Waals surface area contributed by atoms with Crippen molar-refractivity contribution in [3.8, 4) is 0 Å². The second-order valence-corrected chi connectivity index (χ2v) is 8.69. The van der Waals surface area contributed by atoms with Crippen molar-refractivity contribution in [1.82, 2.24) is 20.4 Å². The first kappa shape index (κ1) is 22.3. The van der Waals surface area contributed by atoms with Gasteiger partial charge < -0.3 is 25.2 Å². The molecule has 1 saturated carbocycles. The Hall–Kier alpha value is -1.99. The Balaban J connectivity index is 1.77. The van der Waals surface area contributed by atoms with Crippen LogP contribution in [0.5, 0.6) is 0 Å². The third kappa shape index (κ3) is 7.20. The molecule has 0 spiro atoms. The summed E-state index contributed by atoms with van der Waals surface area (Å²) < 4.78 is 5.54. The van der Waals surface area contributed by atoms with Crippen molar-refractivity contribution >= 4 is 18.0 Å². The van der Waals surface area contributed by atoms with E-state index in [0.717, 1.165) is 44.7 Å². The van der Waals surface area contributed by atoms with Crippen LogP contribution in [-0.2, 0) is 9.53 Å². The number of nitrogens with one attached hydrogen (secondary N) is 2. The van der Waals surface area contributed by atoms with Crippen LogP contribution < -0.4 is 10.6 Å². The topological polar surface area (TPSA) is 86.3 Å². The molecule has 2 aliphatic rings. The largest absolute Gasteiger partial charge is 0.444 e. The summed E-state index contributed by atoms with van der Waals surface area (Å²) in [6, 6.07) is 0.305. The third-order valence-electron chi connectivity index (χ3n) is 5.13. The quantitative estimate of drug-likeness (QED) is 0.529. The first-order valence-corrected chi connectivity index (χ1v) is 10.4. The van der Waals surface area contributed by atoms with Crippen LogP contribution in [0.4, 0.5) is 4.79 Å². The predicted octanol–water partition coefficient (Wildman–Crippen LogP) is 1.81. The molecule has 1 aliphatic carbocycles. The van der Waals surface area contributed by atoms with Crippen LogP contribution in [0.1, 0.15) is 52.9 Å². The van der Waals surface area contributed by atoms with Crippen molar-refractivity contribution in [2.45, 2.75) is 64.5 Å². The average Bonchev–Trinajstić information content (AvgIpc) is 3.46. The first-order valence-electron chi connectivity index (χ1n) is 10.4. The molecule has 1 saturated heterocycles. The van der Waals surface area contributed by atoms with Gasteiger partial charge in [0.25, 0.3) is 0 Å². The van der Waals surface area contributed by atoms with Crippen molar-refractivity contribution in [2.75, 3.05) is 40.3 Å². The molecule has 0 aromatic heterocycles. The van der Waals surface area contributed by atoms with Gasteiger partial charge in [-0.3, -0.25) is 9.79 Å². The highest BCUT2D eigenvalue weighted by Gasteiger charge is 2.35. The van der Waals surface area contributed by atoms with Gasteiger partial charge in [0, 0.05) is 52.7 Å². The number of hydrogen-bond donors (Lipinski definition) is 2. The summed E-state index contributed by atoms with van der Waals surface area (Å²) in [7, 11) is 3.47. The lowest BCUT2D eigenvalue weighted by molar-refractivity contribution is -0.121. The molecule has 0 aromatic carbocycles. The van der Waals surface area contributed by atoms with Crippen LogP contribution in [0, 0.1) is 5.92 Å². The van der Waals surface area contributed by atoms with E-state index in [1.54, 1.807) is 14.1 Å². The lowest BCUT2D eigenvalue weighted by atomic mass is 9.93. The van der Waals surface area contributed by atoms with Crippen molar-refractivity contribution in [3.05, 3.63) is 0 Å². The van der Waals surface area contributed by atoms with E-state index in [2.05, 4.69) is 20.5 Å². The van der Waals surface area contributed by atoms with Gasteiger partial charge in [-0.1, -0.05) is 0 Å². The van der Waals surface area contributed by atoms with Crippen molar-refractivity contribution < 1.29 is 14.3 Å². The van der Waals surface area contributed by atoms with Crippen LogP contribution in [-0.4, -0.2) is 79.7 Å². The Morgan fingerprint density at radius 1 is 1.18 bits per heavy atom. The van der Waals surface area contributed by atoms with E-state index < -0.39 is 5.60 Å². The monoisotopic (exact) mass is 395 g/mol. The molecular formula is C20H37N5O3. The van der Waals surface area contributed by atoms with E-state index in [9.17, 15) is 9.59 Å². The number of rotatable bonds is 6.